The van der Waals surface area contributed by atoms with Gasteiger partial charge in [0.1, 0.15) is 10.6 Å². The van der Waals surface area contributed by atoms with Crippen LogP contribution in [0.5, 0.6) is 0 Å². The molecule has 0 bridgehead atoms. The molecule has 0 aliphatic heterocycles. The SMILES string of the molecule is CO[C@H](C(=O)Nc1cccc(-c2nc(NC(P(=O)(O)O)P(=O)(O)O)c3ccsc3n2)c1)c1ccccc1. The van der Waals surface area contributed by atoms with Crippen molar-refractivity contribution in [1.82, 2.24) is 9.97 Å². The Hall–Kier alpha value is -2.99. The molecule has 1 amide bonds. The van der Waals surface area contributed by atoms with E-state index in [1.54, 1.807) is 60.0 Å². The lowest BCUT2D eigenvalue weighted by molar-refractivity contribution is -0.126. The first-order valence-electron chi connectivity index (χ1n) is 10.6. The third-order valence-corrected chi connectivity index (χ3v) is 9.34. The quantitative estimate of drug-likeness (QED) is 0.162. The van der Waals surface area contributed by atoms with Crippen LogP contribution in [0.25, 0.3) is 21.6 Å². The van der Waals surface area contributed by atoms with Crippen molar-refractivity contribution in [3.63, 3.8) is 0 Å². The number of ether oxygens (including phenoxy) is 1. The van der Waals surface area contributed by atoms with Crippen LogP contribution in [0, 0.1) is 0 Å². The van der Waals surface area contributed by atoms with Crippen LogP contribution in [0.15, 0.2) is 66.0 Å². The average Bonchev–Trinajstić information content (AvgIpc) is 3.31. The summed E-state index contributed by atoms with van der Waals surface area (Å²) in [5, 5.41) is 7.00. The predicted molar refractivity (Wildman–Crippen MR) is 139 cm³/mol. The van der Waals surface area contributed by atoms with Crippen molar-refractivity contribution in [3.05, 3.63) is 71.6 Å². The van der Waals surface area contributed by atoms with Crippen LogP contribution in [0.3, 0.4) is 0 Å². The summed E-state index contributed by atoms with van der Waals surface area (Å²) in [6.45, 7) is 0. The van der Waals surface area contributed by atoms with Crippen molar-refractivity contribution in [2.24, 2.45) is 0 Å². The van der Waals surface area contributed by atoms with E-state index in [1.165, 1.54) is 18.4 Å². The molecule has 0 spiro atoms. The van der Waals surface area contributed by atoms with Crippen LogP contribution in [0.4, 0.5) is 11.5 Å². The maximum Gasteiger partial charge on any atom is 0.360 e. The van der Waals surface area contributed by atoms with E-state index in [9.17, 15) is 33.5 Å². The second-order valence-corrected chi connectivity index (χ2v) is 12.5. The second kappa shape index (κ2) is 10.8. The molecule has 0 aliphatic rings. The van der Waals surface area contributed by atoms with E-state index < -0.39 is 32.7 Å². The Balaban J connectivity index is 1.67. The van der Waals surface area contributed by atoms with Gasteiger partial charge >= 0.3 is 15.2 Å². The first-order valence-corrected chi connectivity index (χ1v) is 14.8. The van der Waals surface area contributed by atoms with Gasteiger partial charge in [-0.3, -0.25) is 13.9 Å². The van der Waals surface area contributed by atoms with Crippen LogP contribution in [0.2, 0.25) is 0 Å². The summed E-state index contributed by atoms with van der Waals surface area (Å²) in [4.78, 5) is 60.1. The Morgan fingerprint density at radius 3 is 2.32 bits per heavy atom. The van der Waals surface area contributed by atoms with E-state index in [0.717, 1.165) is 0 Å². The third-order valence-electron chi connectivity index (χ3n) is 5.19. The van der Waals surface area contributed by atoms with Gasteiger partial charge < -0.3 is 34.9 Å². The molecular weight excluding hydrogens is 542 g/mol. The molecule has 12 nitrogen and oxygen atoms in total. The van der Waals surface area contributed by atoms with Gasteiger partial charge in [0.05, 0.1) is 5.39 Å². The average molecular weight is 564 g/mol. The highest BCUT2D eigenvalue weighted by Crippen LogP contribution is 2.59. The Kier molecular flexibility index (Phi) is 7.88. The van der Waals surface area contributed by atoms with Crippen LogP contribution >= 0.6 is 26.5 Å². The topological polar surface area (TPSA) is 191 Å². The highest BCUT2D eigenvalue weighted by atomic mass is 32.1. The Bertz CT molecular complexity index is 1500. The fraction of sp³-hybridized carbons (Fsp3) is 0.136. The van der Waals surface area contributed by atoms with Crippen molar-refractivity contribution < 1.29 is 38.2 Å². The molecule has 37 heavy (non-hydrogen) atoms. The minimum atomic E-state index is -5.26. The number of fused-ring (bicyclic) bond motifs is 1. The molecule has 0 saturated heterocycles. The van der Waals surface area contributed by atoms with E-state index in [0.29, 0.717) is 27.0 Å². The van der Waals surface area contributed by atoms with Gasteiger partial charge in [0, 0.05) is 18.4 Å². The zero-order valence-electron chi connectivity index (χ0n) is 19.1. The second-order valence-electron chi connectivity index (χ2n) is 7.83. The van der Waals surface area contributed by atoms with E-state index in [1.807, 2.05) is 6.07 Å². The molecule has 2 aromatic heterocycles. The minimum Gasteiger partial charge on any atom is -0.367 e. The summed E-state index contributed by atoms with van der Waals surface area (Å²) in [6, 6.07) is 17.1. The summed E-state index contributed by atoms with van der Waals surface area (Å²) in [7, 11) is -9.10. The maximum atomic E-state index is 12.9. The zero-order valence-corrected chi connectivity index (χ0v) is 21.7. The van der Waals surface area contributed by atoms with Crippen molar-refractivity contribution in [2.45, 2.75) is 11.6 Å². The van der Waals surface area contributed by atoms with Gasteiger partial charge in [-0.2, -0.15) is 0 Å². The molecule has 0 saturated carbocycles. The molecule has 4 rings (SSSR count). The van der Waals surface area contributed by atoms with Gasteiger partial charge in [-0.15, -0.1) is 11.3 Å². The van der Waals surface area contributed by atoms with E-state index in [4.69, 9.17) is 4.74 Å². The first-order chi connectivity index (χ1) is 17.5. The van der Waals surface area contributed by atoms with Gasteiger partial charge in [0.15, 0.2) is 11.9 Å². The number of nitrogens with zero attached hydrogens (tertiary/aromatic N) is 2. The van der Waals surface area contributed by atoms with Gasteiger partial charge in [-0.1, -0.05) is 42.5 Å². The lowest BCUT2D eigenvalue weighted by atomic mass is 10.1. The van der Waals surface area contributed by atoms with E-state index in [2.05, 4.69) is 20.6 Å². The molecule has 2 aromatic carbocycles. The normalized spacial score (nSPS) is 13.0. The van der Waals surface area contributed by atoms with Crippen LogP contribution in [-0.2, 0) is 18.7 Å². The van der Waals surface area contributed by atoms with Gasteiger partial charge in [-0.05, 0) is 29.1 Å². The fourth-order valence-electron chi connectivity index (χ4n) is 3.55. The largest absolute Gasteiger partial charge is 0.367 e. The van der Waals surface area contributed by atoms with Crippen molar-refractivity contribution >= 4 is 54.2 Å². The highest BCUT2D eigenvalue weighted by molar-refractivity contribution is 7.71. The molecule has 194 valence electrons. The monoisotopic (exact) mass is 564 g/mol. The molecule has 0 radical (unpaired) electrons. The summed E-state index contributed by atoms with van der Waals surface area (Å²) in [5.41, 5.74) is -0.965. The number of thiophene rings is 1. The van der Waals surface area contributed by atoms with E-state index >= 15 is 0 Å². The number of amides is 1. The zero-order chi connectivity index (χ0) is 26.8. The number of benzene rings is 2. The maximum absolute atomic E-state index is 12.9. The smallest absolute Gasteiger partial charge is 0.360 e. The molecule has 6 N–H and O–H groups in total. The number of nitrogens with one attached hydrogen (secondary N) is 2. The molecule has 15 heteroatoms. The Labute approximate surface area is 214 Å². The third kappa shape index (κ3) is 6.30. The first kappa shape index (κ1) is 27.1. The Morgan fingerprint density at radius 1 is 0.973 bits per heavy atom. The molecule has 1 atom stereocenters. The number of methoxy groups -OCH3 is 1. The lowest BCUT2D eigenvalue weighted by Gasteiger charge is -2.21. The standard InChI is InChI=1S/C22H22N4O8P2S/c1-34-17(13-6-3-2-4-7-13)20(27)23-15-9-5-8-14(12-15)18-24-19(16-10-11-37-21(16)25-18)26-22(35(28,29)30)36(31,32)33/h2-12,17,22H,1H3,(H,23,27)(H,24,25,26)(H2,28,29,30)(H2,31,32,33)/t17-/m0/s1. The minimum absolute atomic E-state index is 0.107. The number of carbonyl (C=O) groups excluding carboxylic acids is 1. The molecule has 0 unspecified atom stereocenters. The van der Waals surface area contributed by atoms with Crippen LogP contribution in [0.1, 0.15) is 11.7 Å². The van der Waals surface area contributed by atoms with Crippen molar-refractivity contribution in [1.29, 1.82) is 0 Å². The van der Waals surface area contributed by atoms with Gasteiger partial charge in [0.25, 0.3) is 5.91 Å². The molecule has 0 fully saturated rings. The summed E-state index contributed by atoms with van der Waals surface area (Å²) >= 11 is 1.21. The summed E-state index contributed by atoms with van der Waals surface area (Å²) in [6.07, 6.45) is -0.850. The molecule has 4 aromatic rings. The highest BCUT2D eigenvalue weighted by Gasteiger charge is 2.44. The molecule has 2 heterocycles. The number of aromatic nitrogens is 2. The van der Waals surface area contributed by atoms with E-state index in [-0.39, 0.29) is 11.6 Å². The summed E-state index contributed by atoms with van der Waals surface area (Å²) in [5.74, 6) is -0.458. The molecular formula is C22H22N4O8P2S. The van der Waals surface area contributed by atoms with Crippen molar-refractivity contribution in [2.75, 3.05) is 17.7 Å². The fourth-order valence-corrected chi connectivity index (χ4v) is 6.46. The van der Waals surface area contributed by atoms with Crippen LogP contribution in [-0.4, -0.2) is 48.1 Å². The number of anilines is 2. The Morgan fingerprint density at radius 2 is 1.68 bits per heavy atom. The predicted octanol–water partition coefficient (Wildman–Crippen LogP) is 3.74. The number of hydrogen-bond acceptors (Lipinski definition) is 8. The number of hydrogen-bond donors (Lipinski definition) is 6. The lowest BCUT2D eigenvalue weighted by Crippen LogP contribution is -2.22. The summed E-state index contributed by atoms with van der Waals surface area (Å²) < 4.78 is 28.9. The van der Waals surface area contributed by atoms with Gasteiger partial charge in [0.2, 0.25) is 5.52 Å². The molecule has 0 aliphatic carbocycles. The number of carbonyl (C=O) groups is 1. The van der Waals surface area contributed by atoms with Gasteiger partial charge in [-0.25, -0.2) is 9.97 Å². The van der Waals surface area contributed by atoms with Crippen molar-refractivity contribution in [3.8, 4) is 11.4 Å². The van der Waals surface area contributed by atoms with Crippen LogP contribution < -0.4 is 10.6 Å². The number of rotatable bonds is 9.